The van der Waals surface area contributed by atoms with E-state index >= 15 is 0 Å². The smallest absolute Gasteiger partial charge is 0.192 e. The third-order valence-electron chi connectivity index (χ3n) is 7.13. The Morgan fingerprint density at radius 3 is 1.38 bits per heavy atom. The quantitative estimate of drug-likeness (QED) is 0.256. The number of alkyl halides is 1. The van der Waals surface area contributed by atoms with Crippen molar-refractivity contribution >= 4 is 32.6 Å². The van der Waals surface area contributed by atoms with Crippen molar-refractivity contribution < 1.29 is 14.0 Å². The zero-order chi connectivity index (χ0) is 26.2. The van der Waals surface area contributed by atoms with E-state index in [0.29, 0.717) is 6.61 Å². The fourth-order valence-electron chi connectivity index (χ4n) is 2.58. The maximum Gasteiger partial charge on any atom is 0.192 e. The van der Waals surface area contributed by atoms with Gasteiger partial charge in [0.05, 0.1) is 19.8 Å². The number of benzene rings is 2. The first kappa shape index (κ1) is 31.3. The van der Waals surface area contributed by atoms with Crippen molar-refractivity contribution in [1.82, 2.24) is 0 Å². The van der Waals surface area contributed by atoms with Crippen molar-refractivity contribution in [3.63, 3.8) is 0 Å². The van der Waals surface area contributed by atoms with Crippen molar-refractivity contribution in [2.45, 2.75) is 103 Å². The Balaban J connectivity index is 0.000000340. The Hall–Kier alpha value is -0.766. The van der Waals surface area contributed by atoms with E-state index in [4.69, 9.17) is 14.0 Å². The van der Waals surface area contributed by atoms with E-state index in [0.717, 1.165) is 23.1 Å². The highest BCUT2D eigenvalue weighted by atomic mass is 79.9. The number of aliphatic hydroxyl groups is 1. The molecule has 0 saturated heterocycles. The van der Waals surface area contributed by atoms with Crippen LogP contribution in [0.25, 0.3) is 0 Å². The molecule has 34 heavy (non-hydrogen) atoms. The average Bonchev–Trinajstić information content (AvgIpc) is 2.75. The molecule has 0 unspecified atom stereocenters. The van der Waals surface area contributed by atoms with Gasteiger partial charge in [-0.15, -0.1) is 0 Å². The van der Waals surface area contributed by atoms with Crippen LogP contribution in [0.4, 0.5) is 0 Å². The highest BCUT2D eigenvalue weighted by Crippen LogP contribution is 2.38. The monoisotopic (exact) mass is 566 g/mol. The second-order valence-corrected chi connectivity index (χ2v) is 22.2. The van der Waals surface area contributed by atoms with Crippen LogP contribution in [0.15, 0.2) is 48.5 Å². The molecule has 2 rings (SSSR count). The second kappa shape index (κ2) is 13.0. The lowest BCUT2D eigenvalue weighted by molar-refractivity contribution is 0.272. The number of aliphatic hydroxyl groups excluding tert-OH is 1. The summed E-state index contributed by atoms with van der Waals surface area (Å²) in [4.78, 5) is 0. The van der Waals surface area contributed by atoms with Gasteiger partial charge < -0.3 is 14.0 Å². The summed E-state index contributed by atoms with van der Waals surface area (Å²) in [5.74, 6) is 0. The molecule has 0 aliphatic heterocycles. The predicted molar refractivity (Wildman–Crippen MR) is 155 cm³/mol. The van der Waals surface area contributed by atoms with Gasteiger partial charge in [-0.25, -0.2) is 0 Å². The van der Waals surface area contributed by atoms with Crippen LogP contribution in [0.1, 0.15) is 63.8 Å². The van der Waals surface area contributed by atoms with E-state index in [-0.39, 0.29) is 16.7 Å². The largest absolute Gasteiger partial charge is 0.413 e. The molecular weight excluding hydrogens is 520 g/mol. The summed E-state index contributed by atoms with van der Waals surface area (Å²) in [6, 6.07) is 16.5. The normalized spacial score (nSPS) is 12.8. The first-order valence-electron chi connectivity index (χ1n) is 12.1. The Labute approximate surface area is 219 Å². The minimum Gasteiger partial charge on any atom is -0.413 e. The molecule has 0 amide bonds. The number of hydrogen-bond acceptors (Lipinski definition) is 3. The maximum absolute atomic E-state index is 9.09. The van der Waals surface area contributed by atoms with E-state index in [1.165, 1.54) is 11.1 Å². The highest BCUT2D eigenvalue weighted by molar-refractivity contribution is 9.08. The predicted octanol–water partition coefficient (Wildman–Crippen LogP) is 8.80. The van der Waals surface area contributed by atoms with Crippen LogP contribution < -0.4 is 0 Å². The molecule has 0 aliphatic rings. The third-order valence-corrected chi connectivity index (χ3v) is 16.7. The van der Waals surface area contributed by atoms with E-state index in [1.807, 2.05) is 24.3 Å². The van der Waals surface area contributed by atoms with Crippen LogP contribution in [0.2, 0.25) is 36.3 Å². The Kier molecular flexibility index (Phi) is 11.9. The molecule has 6 heteroatoms. The molecule has 0 spiro atoms. The summed E-state index contributed by atoms with van der Waals surface area (Å²) in [6.45, 7) is 24.1. The Morgan fingerprint density at radius 1 is 0.676 bits per heavy atom. The van der Waals surface area contributed by atoms with Crippen LogP contribution >= 0.6 is 15.9 Å². The minimum atomic E-state index is -1.68. The molecule has 0 radical (unpaired) electrons. The second-order valence-electron chi connectivity index (χ2n) is 12.0. The van der Waals surface area contributed by atoms with Crippen molar-refractivity contribution in [3.8, 4) is 0 Å². The average molecular weight is 568 g/mol. The Bertz CT molecular complexity index is 810. The molecule has 0 atom stereocenters. The van der Waals surface area contributed by atoms with Crippen LogP contribution in [-0.4, -0.2) is 21.7 Å². The molecule has 192 valence electrons. The summed E-state index contributed by atoms with van der Waals surface area (Å²) in [5, 5.41) is 10.5. The van der Waals surface area contributed by atoms with Gasteiger partial charge in [0.2, 0.25) is 0 Å². The molecule has 0 heterocycles. The van der Waals surface area contributed by atoms with Gasteiger partial charge in [0.15, 0.2) is 16.6 Å². The topological polar surface area (TPSA) is 38.7 Å². The van der Waals surface area contributed by atoms with E-state index in [9.17, 15) is 0 Å². The molecule has 0 fully saturated rings. The third kappa shape index (κ3) is 10.1. The van der Waals surface area contributed by atoms with Crippen LogP contribution in [0.5, 0.6) is 0 Å². The van der Waals surface area contributed by atoms with Crippen LogP contribution in [0.3, 0.4) is 0 Å². The molecule has 2 aromatic carbocycles. The van der Waals surface area contributed by atoms with Gasteiger partial charge in [-0.3, -0.25) is 0 Å². The molecule has 0 aliphatic carbocycles. The molecule has 0 aromatic heterocycles. The van der Waals surface area contributed by atoms with Gasteiger partial charge in [0.1, 0.15) is 0 Å². The molecule has 0 bridgehead atoms. The van der Waals surface area contributed by atoms with Crippen molar-refractivity contribution in [1.29, 1.82) is 0 Å². The fourth-order valence-corrected chi connectivity index (χ4v) is 4.85. The minimum absolute atomic E-state index is 0.0912. The van der Waals surface area contributed by atoms with Crippen LogP contribution in [-0.2, 0) is 34.0 Å². The number of halogens is 1. The van der Waals surface area contributed by atoms with Gasteiger partial charge in [-0.05, 0) is 58.5 Å². The SMILES string of the molecule is CC(C)(C)[Si](C)(C)OCc1cccc(CBr)c1.CC(C)(C)[Si](C)(C)OCc1cccc(CO)c1. The first-order chi connectivity index (χ1) is 15.5. The van der Waals surface area contributed by atoms with Crippen molar-refractivity contribution in [3.05, 3.63) is 70.8 Å². The summed E-state index contributed by atoms with van der Waals surface area (Å²) in [6.07, 6.45) is 0. The Morgan fingerprint density at radius 2 is 1.03 bits per heavy atom. The van der Waals surface area contributed by atoms with Gasteiger partial charge in [-0.1, -0.05) is 106 Å². The molecule has 1 N–H and O–H groups in total. The van der Waals surface area contributed by atoms with Gasteiger partial charge in [-0.2, -0.15) is 0 Å². The number of hydrogen-bond donors (Lipinski definition) is 1. The van der Waals surface area contributed by atoms with E-state index in [1.54, 1.807) is 0 Å². The summed E-state index contributed by atoms with van der Waals surface area (Å²) in [7, 11) is -3.30. The van der Waals surface area contributed by atoms with Gasteiger partial charge in [0.25, 0.3) is 0 Å². The molecule has 2 aromatic rings. The zero-order valence-corrected chi connectivity index (χ0v) is 26.7. The zero-order valence-electron chi connectivity index (χ0n) is 23.1. The summed E-state index contributed by atoms with van der Waals surface area (Å²) in [5.41, 5.74) is 4.66. The van der Waals surface area contributed by atoms with Crippen LogP contribution in [0, 0.1) is 0 Å². The lowest BCUT2D eigenvalue weighted by atomic mass is 10.1. The molecule has 0 saturated carbocycles. The lowest BCUT2D eigenvalue weighted by Crippen LogP contribution is -2.40. The lowest BCUT2D eigenvalue weighted by Gasteiger charge is -2.36. The van der Waals surface area contributed by atoms with Gasteiger partial charge >= 0.3 is 0 Å². The van der Waals surface area contributed by atoms with Crippen molar-refractivity contribution in [2.75, 3.05) is 0 Å². The first-order valence-corrected chi connectivity index (χ1v) is 19.1. The highest BCUT2D eigenvalue weighted by Gasteiger charge is 2.37. The number of rotatable bonds is 8. The van der Waals surface area contributed by atoms with Gasteiger partial charge in [0, 0.05) is 5.33 Å². The molecule has 3 nitrogen and oxygen atoms in total. The maximum atomic E-state index is 9.09. The summed E-state index contributed by atoms with van der Waals surface area (Å²) < 4.78 is 12.3. The standard InChI is InChI=1S/C14H23BrOSi.C14H24O2Si/c2*1-14(2,3)17(4,5)16-11-13-8-6-7-12(9-13)10-15/h6-9H,10-11H2,1-5H3;6-9,15H,10-11H2,1-5H3. The van der Waals surface area contributed by atoms with E-state index in [2.05, 4.69) is 108 Å². The fraction of sp³-hybridized carbons (Fsp3) is 0.571. The van der Waals surface area contributed by atoms with E-state index < -0.39 is 16.6 Å². The van der Waals surface area contributed by atoms with Crippen molar-refractivity contribution in [2.24, 2.45) is 0 Å². The summed E-state index contributed by atoms with van der Waals surface area (Å²) >= 11 is 3.48. The molecular formula is C28H47BrO3Si2.